The number of anilines is 1. The molecule has 1 saturated carbocycles. The summed E-state index contributed by atoms with van der Waals surface area (Å²) in [6.07, 6.45) is 7.13. The van der Waals surface area contributed by atoms with Crippen LogP contribution in [-0.2, 0) is 0 Å². The van der Waals surface area contributed by atoms with Crippen molar-refractivity contribution in [3.8, 4) is 0 Å². The Kier molecular flexibility index (Phi) is 5.42. The van der Waals surface area contributed by atoms with Crippen LogP contribution < -0.4 is 5.32 Å². The van der Waals surface area contributed by atoms with Crippen LogP contribution >= 0.6 is 0 Å². The van der Waals surface area contributed by atoms with Crippen molar-refractivity contribution in [3.05, 3.63) is 65.5 Å². The van der Waals surface area contributed by atoms with E-state index in [9.17, 15) is 14.0 Å². The van der Waals surface area contributed by atoms with E-state index in [1.54, 1.807) is 24.3 Å². The van der Waals surface area contributed by atoms with Gasteiger partial charge in [0.25, 0.3) is 11.8 Å². The molecule has 5 heteroatoms. The average molecular weight is 380 g/mol. The summed E-state index contributed by atoms with van der Waals surface area (Å²) in [5.74, 6) is 0.0870. The standard InChI is InChI=1S/C23H25FN2O2/c24-19-11-13-20(14-12-19)25-22(27)17-7-9-18(10-8-17)23(28)26-15-3-5-16-4-1-2-6-21(16)26/h7-14,16,21H,1-6,15H2,(H,25,27)/t16-,21+/m1/s1. The van der Waals surface area contributed by atoms with Crippen LogP contribution in [-0.4, -0.2) is 29.3 Å². The van der Waals surface area contributed by atoms with Gasteiger partial charge in [-0.1, -0.05) is 12.8 Å². The van der Waals surface area contributed by atoms with E-state index in [1.807, 2.05) is 0 Å². The van der Waals surface area contributed by atoms with E-state index in [-0.39, 0.29) is 17.6 Å². The minimum atomic E-state index is -0.348. The summed E-state index contributed by atoms with van der Waals surface area (Å²) in [4.78, 5) is 27.5. The number of rotatable bonds is 3. The third-order valence-electron chi connectivity index (χ3n) is 6.00. The fraction of sp³-hybridized carbons (Fsp3) is 0.391. The molecule has 4 rings (SSSR count). The molecule has 28 heavy (non-hydrogen) atoms. The molecule has 0 unspecified atom stereocenters. The lowest BCUT2D eigenvalue weighted by atomic mass is 9.78. The highest BCUT2D eigenvalue weighted by Crippen LogP contribution is 2.35. The predicted molar refractivity (Wildman–Crippen MR) is 107 cm³/mol. The first-order chi connectivity index (χ1) is 13.6. The van der Waals surface area contributed by atoms with Crippen LogP contribution in [0.1, 0.15) is 59.2 Å². The van der Waals surface area contributed by atoms with Crippen molar-refractivity contribution in [3.63, 3.8) is 0 Å². The number of nitrogens with one attached hydrogen (secondary N) is 1. The summed E-state index contributed by atoms with van der Waals surface area (Å²) in [6, 6.07) is 12.8. The Hall–Kier alpha value is -2.69. The molecule has 2 amide bonds. The second kappa shape index (κ2) is 8.13. The van der Waals surface area contributed by atoms with E-state index >= 15 is 0 Å². The minimum Gasteiger partial charge on any atom is -0.335 e. The van der Waals surface area contributed by atoms with Crippen molar-refractivity contribution >= 4 is 17.5 Å². The van der Waals surface area contributed by atoms with E-state index in [1.165, 1.54) is 49.9 Å². The van der Waals surface area contributed by atoms with Crippen LogP contribution in [0.3, 0.4) is 0 Å². The molecule has 2 aromatic carbocycles. The van der Waals surface area contributed by atoms with Crippen LogP contribution in [0, 0.1) is 11.7 Å². The van der Waals surface area contributed by atoms with Crippen molar-refractivity contribution in [1.29, 1.82) is 0 Å². The summed E-state index contributed by atoms with van der Waals surface area (Å²) < 4.78 is 13.0. The summed E-state index contributed by atoms with van der Waals surface area (Å²) in [5, 5.41) is 2.73. The van der Waals surface area contributed by atoms with Gasteiger partial charge in [0.1, 0.15) is 5.82 Å². The van der Waals surface area contributed by atoms with Crippen LogP contribution in [0.15, 0.2) is 48.5 Å². The van der Waals surface area contributed by atoms with Gasteiger partial charge in [-0.3, -0.25) is 9.59 Å². The topological polar surface area (TPSA) is 49.4 Å². The van der Waals surface area contributed by atoms with Gasteiger partial charge in [0.15, 0.2) is 0 Å². The number of benzene rings is 2. The first kappa shape index (κ1) is 18.7. The first-order valence-electron chi connectivity index (χ1n) is 10.1. The number of piperidine rings is 1. The fourth-order valence-corrected chi connectivity index (χ4v) is 4.54. The highest BCUT2D eigenvalue weighted by molar-refractivity contribution is 6.05. The maximum absolute atomic E-state index is 13.0. The van der Waals surface area contributed by atoms with E-state index in [2.05, 4.69) is 10.2 Å². The quantitative estimate of drug-likeness (QED) is 0.826. The number of hydrogen-bond acceptors (Lipinski definition) is 2. The van der Waals surface area contributed by atoms with Gasteiger partial charge in [0.05, 0.1) is 0 Å². The molecule has 1 aliphatic carbocycles. The number of halogens is 1. The third kappa shape index (κ3) is 3.93. The molecule has 0 aromatic heterocycles. The SMILES string of the molecule is O=C(Nc1ccc(F)cc1)c1ccc(C(=O)N2CCC[C@H]3CCCC[C@@H]32)cc1. The van der Waals surface area contributed by atoms with Gasteiger partial charge >= 0.3 is 0 Å². The zero-order chi connectivity index (χ0) is 19.5. The maximum Gasteiger partial charge on any atom is 0.255 e. The molecule has 1 saturated heterocycles. The molecule has 2 fully saturated rings. The van der Waals surface area contributed by atoms with E-state index in [0.717, 1.165) is 19.4 Å². The van der Waals surface area contributed by atoms with Gasteiger partial charge < -0.3 is 10.2 Å². The lowest BCUT2D eigenvalue weighted by molar-refractivity contribution is 0.0390. The normalized spacial score (nSPS) is 21.7. The molecule has 2 aromatic rings. The number of carbonyl (C=O) groups excluding carboxylic acids is 2. The summed E-state index contributed by atoms with van der Waals surface area (Å²) in [7, 11) is 0. The molecular weight excluding hydrogens is 355 g/mol. The van der Waals surface area contributed by atoms with Crippen molar-refractivity contribution in [1.82, 2.24) is 4.90 Å². The average Bonchev–Trinajstić information content (AvgIpc) is 2.74. The number of nitrogens with zero attached hydrogens (tertiary/aromatic N) is 1. The van der Waals surface area contributed by atoms with Crippen molar-refractivity contribution < 1.29 is 14.0 Å². The lowest BCUT2D eigenvalue weighted by Crippen LogP contribution is -2.49. The maximum atomic E-state index is 13.0. The molecular formula is C23H25FN2O2. The highest BCUT2D eigenvalue weighted by atomic mass is 19.1. The molecule has 0 spiro atoms. The van der Waals surface area contributed by atoms with Crippen LogP contribution in [0.25, 0.3) is 0 Å². The molecule has 4 nitrogen and oxygen atoms in total. The number of likely N-dealkylation sites (tertiary alicyclic amines) is 1. The molecule has 0 bridgehead atoms. The highest BCUT2D eigenvalue weighted by Gasteiger charge is 2.35. The van der Waals surface area contributed by atoms with Gasteiger partial charge in [-0.2, -0.15) is 0 Å². The Morgan fingerprint density at radius 3 is 2.25 bits per heavy atom. The number of amides is 2. The smallest absolute Gasteiger partial charge is 0.255 e. The van der Waals surface area contributed by atoms with Crippen molar-refractivity contribution in [2.75, 3.05) is 11.9 Å². The van der Waals surface area contributed by atoms with Gasteiger partial charge in [0, 0.05) is 29.4 Å². The number of carbonyl (C=O) groups is 2. The predicted octanol–water partition coefficient (Wildman–Crippen LogP) is 4.87. The molecule has 1 N–H and O–H groups in total. The van der Waals surface area contributed by atoms with Crippen molar-refractivity contribution in [2.45, 2.75) is 44.6 Å². The zero-order valence-corrected chi connectivity index (χ0v) is 15.9. The van der Waals surface area contributed by atoms with Gasteiger partial charge in [-0.15, -0.1) is 0 Å². The van der Waals surface area contributed by atoms with Crippen LogP contribution in [0.2, 0.25) is 0 Å². The molecule has 1 heterocycles. The first-order valence-corrected chi connectivity index (χ1v) is 10.1. The summed E-state index contributed by atoms with van der Waals surface area (Å²) in [5.41, 5.74) is 1.63. The second-order valence-corrected chi connectivity index (χ2v) is 7.79. The molecule has 146 valence electrons. The van der Waals surface area contributed by atoms with E-state index < -0.39 is 0 Å². The fourth-order valence-electron chi connectivity index (χ4n) is 4.54. The number of fused-ring (bicyclic) bond motifs is 1. The largest absolute Gasteiger partial charge is 0.335 e. The molecule has 0 radical (unpaired) electrons. The Balaban J connectivity index is 1.44. The second-order valence-electron chi connectivity index (χ2n) is 7.79. The van der Waals surface area contributed by atoms with Gasteiger partial charge in [0.2, 0.25) is 0 Å². The Labute approximate surface area is 164 Å². The monoisotopic (exact) mass is 380 g/mol. The molecule has 2 atom stereocenters. The Morgan fingerprint density at radius 1 is 0.857 bits per heavy atom. The van der Waals surface area contributed by atoms with Crippen molar-refractivity contribution in [2.24, 2.45) is 5.92 Å². The Morgan fingerprint density at radius 2 is 1.50 bits per heavy atom. The molecule has 1 aliphatic heterocycles. The lowest BCUT2D eigenvalue weighted by Gasteiger charge is -2.44. The van der Waals surface area contributed by atoms with Gasteiger partial charge in [-0.25, -0.2) is 4.39 Å². The van der Waals surface area contributed by atoms with Gasteiger partial charge in [-0.05, 0) is 80.1 Å². The summed E-state index contributed by atoms with van der Waals surface area (Å²) in [6.45, 7) is 0.826. The molecule has 2 aliphatic rings. The van der Waals surface area contributed by atoms with Crippen LogP contribution in [0.4, 0.5) is 10.1 Å². The zero-order valence-electron chi connectivity index (χ0n) is 15.9. The number of hydrogen-bond donors (Lipinski definition) is 1. The Bertz CT molecular complexity index is 846. The van der Waals surface area contributed by atoms with E-state index in [4.69, 9.17) is 0 Å². The third-order valence-corrected chi connectivity index (χ3v) is 6.00. The summed E-state index contributed by atoms with van der Waals surface area (Å²) >= 11 is 0. The van der Waals surface area contributed by atoms with E-state index in [0.29, 0.717) is 28.8 Å². The van der Waals surface area contributed by atoms with Crippen LogP contribution in [0.5, 0.6) is 0 Å². The minimum absolute atomic E-state index is 0.0714.